The van der Waals surface area contributed by atoms with Crippen LogP contribution >= 0.6 is 0 Å². The molecule has 4 rings (SSSR count). The van der Waals surface area contributed by atoms with E-state index in [-0.39, 0.29) is 0 Å². The van der Waals surface area contributed by atoms with Crippen LogP contribution < -0.4 is 9.47 Å². The number of aliphatic hydroxyl groups is 1. The molecule has 1 aromatic heterocycles. The fourth-order valence-corrected chi connectivity index (χ4v) is 4.18. The van der Waals surface area contributed by atoms with Crippen LogP contribution in [0.25, 0.3) is 0 Å². The Balaban J connectivity index is 1.21. The van der Waals surface area contributed by atoms with Gasteiger partial charge in [-0.25, -0.2) is 0 Å². The molecule has 0 amide bonds. The highest BCUT2D eigenvalue weighted by atomic mass is 16.5. The zero-order valence-electron chi connectivity index (χ0n) is 19.7. The molecule has 0 spiro atoms. The van der Waals surface area contributed by atoms with Crippen LogP contribution in [0.1, 0.15) is 36.0 Å². The average Bonchev–Trinajstić information content (AvgIpc) is 3.14. The maximum absolute atomic E-state index is 11.1. The molecule has 1 atom stereocenters. The van der Waals surface area contributed by atoms with Crippen molar-refractivity contribution in [1.82, 2.24) is 14.7 Å². The average molecular weight is 450 g/mol. The molecule has 2 heterocycles. The van der Waals surface area contributed by atoms with E-state index < -0.39 is 5.60 Å². The summed E-state index contributed by atoms with van der Waals surface area (Å²) in [7, 11) is 0. The summed E-state index contributed by atoms with van der Waals surface area (Å²) in [6.07, 6.45) is 6.31. The number of aryl methyl sites for hydroxylation is 2. The van der Waals surface area contributed by atoms with Crippen molar-refractivity contribution < 1.29 is 14.6 Å². The molecule has 0 radical (unpaired) electrons. The van der Waals surface area contributed by atoms with Gasteiger partial charge in [0, 0.05) is 19.3 Å². The van der Waals surface area contributed by atoms with Crippen molar-refractivity contribution in [2.24, 2.45) is 0 Å². The number of hydrogen-bond acceptors (Lipinski definition) is 5. The van der Waals surface area contributed by atoms with Gasteiger partial charge in [-0.2, -0.15) is 5.10 Å². The molecule has 2 aromatic carbocycles. The summed E-state index contributed by atoms with van der Waals surface area (Å²) in [4.78, 5) is 2.42. The SMILES string of the molecule is Cc1ccc(OC[C@]2(O)CCCN(Cc3ccc(OCCn4cc(C)cn4)cc3)CC2)cc1. The highest BCUT2D eigenvalue weighted by Gasteiger charge is 2.31. The first-order valence-electron chi connectivity index (χ1n) is 11.8. The molecular formula is C27H35N3O3. The molecule has 0 bridgehead atoms. The number of rotatable bonds is 9. The molecule has 6 nitrogen and oxygen atoms in total. The Bertz CT molecular complexity index is 1000. The van der Waals surface area contributed by atoms with Crippen molar-refractivity contribution in [3.63, 3.8) is 0 Å². The monoisotopic (exact) mass is 449 g/mol. The third kappa shape index (κ3) is 7.07. The summed E-state index contributed by atoms with van der Waals surface area (Å²) in [6.45, 7) is 8.48. The molecule has 1 fully saturated rings. The zero-order valence-corrected chi connectivity index (χ0v) is 19.7. The molecule has 0 aliphatic carbocycles. The first-order chi connectivity index (χ1) is 16.0. The second-order valence-corrected chi connectivity index (χ2v) is 9.23. The van der Waals surface area contributed by atoms with Gasteiger partial charge in [0.05, 0.1) is 18.3 Å². The fourth-order valence-electron chi connectivity index (χ4n) is 4.18. The van der Waals surface area contributed by atoms with Gasteiger partial charge in [-0.3, -0.25) is 9.58 Å². The normalized spacial score (nSPS) is 19.2. The maximum Gasteiger partial charge on any atom is 0.119 e. The largest absolute Gasteiger partial charge is 0.492 e. The van der Waals surface area contributed by atoms with E-state index in [1.807, 2.05) is 60.4 Å². The summed E-state index contributed by atoms with van der Waals surface area (Å²) in [5, 5.41) is 15.4. The Kier molecular flexibility index (Phi) is 7.68. The van der Waals surface area contributed by atoms with E-state index in [1.54, 1.807) is 0 Å². The maximum atomic E-state index is 11.1. The molecule has 0 unspecified atom stereocenters. The number of benzene rings is 2. The van der Waals surface area contributed by atoms with Gasteiger partial charge >= 0.3 is 0 Å². The number of nitrogens with zero attached hydrogens (tertiary/aromatic N) is 3. The minimum absolute atomic E-state index is 0.341. The molecular weight excluding hydrogens is 414 g/mol. The predicted molar refractivity (Wildman–Crippen MR) is 130 cm³/mol. The van der Waals surface area contributed by atoms with Crippen molar-refractivity contribution in [1.29, 1.82) is 0 Å². The quantitative estimate of drug-likeness (QED) is 0.526. The van der Waals surface area contributed by atoms with Crippen molar-refractivity contribution in [2.45, 2.75) is 51.8 Å². The van der Waals surface area contributed by atoms with E-state index in [0.717, 1.165) is 56.1 Å². The van der Waals surface area contributed by atoms with Gasteiger partial charge in [0.25, 0.3) is 0 Å². The lowest BCUT2D eigenvalue weighted by Crippen LogP contribution is -2.37. The molecule has 176 valence electrons. The smallest absolute Gasteiger partial charge is 0.119 e. The van der Waals surface area contributed by atoms with Crippen molar-refractivity contribution in [3.05, 3.63) is 77.6 Å². The van der Waals surface area contributed by atoms with Crippen LogP contribution in [-0.2, 0) is 13.1 Å². The molecule has 1 aliphatic rings. The minimum Gasteiger partial charge on any atom is -0.492 e. The number of ether oxygens (including phenoxy) is 2. The van der Waals surface area contributed by atoms with Gasteiger partial charge in [-0.05, 0) is 75.0 Å². The standard InChI is InChI=1S/C27H35N3O3/c1-22-4-8-26(9-5-22)33-21-27(31)12-3-14-29(15-13-27)20-24-6-10-25(11-7-24)32-17-16-30-19-23(2)18-28-30/h4-11,18-19,31H,3,12-17,20-21H2,1-2H3/t27-/m0/s1. The van der Waals surface area contributed by atoms with Crippen LogP contribution in [0.3, 0.4) is 0 Å². The highest BCUT2D eigenvalue weighted by Crippen LogP contribution is 2.25. The van der Waals surface area contributed by atoms with Gasteiger partial charge in [0.1, 0.15) is 24.7 Å². The first-order valence-corrected chi connectivity index (χ1v) is 11.8. The van der Waals surface area contributed by atoms with Gasteiger partial charge in [0.2, 0.25) is 0 Å². The molecule has 1 aliphatic heterocycles. The van der Waals surface area contributed by atoms with Crippen LogP contribution in [0.2, 0.25) is 0 Å². The van der Waals surface area contributed by atoms with Crippen molar-refractivity contribution >= 4 is 0 Å². The van der Waals surface area contributed by atoms with Crippen LogP contribution in [0, 0.1) is 13.8 Å². The molecule has 1 saturated heterocycles. The molecule has 0 saturated carbocycles. The van der Waals surface area contributed by atoms with E-state index in [0.29, 0.717) is 19.6 Å². The second-order valence-electron chi connectivity index (χ2n) is 9.23. The van der Waals surface area contributed by atoms with Crippen LogP contribution in [0.15, 0.2) is 60.9 Å². The van der Waals surface area contributed by atoms with E-state index >= 15 is 0 Å². The summed E-state index contributed by atoms with van der Waals surface area (Å²) in [5.41, 5.74) is 2.84. The second kappa shape index (κ2) is 10.9. The Hall–Kier alpha value is -2.83. The summed E-state index contributed by atoms with van der Waals surface area (Å²) in [5.74, 6) is 1.69. The Morgan fingerprint density at radius 2 is 1.64 bits per heavy atom. The summed E-state index contributed by atoms with van der Waals surface area (Å²) < 4.78 is 13.7. The lowest BCUT2D eigenvalue weighted by Gasteiger charge is -2.27. The van der Waals surface area contributed by atoms with E-state index in [4.69, 9.17) is 9.47 Å². The van der Waals surface area contributed by atoms with Gasteiger partial charge in [0.15, 0.2) is 0 Å². The molecule has 6 heteroatoms. The molecule has 1 N–H and O–H groups in total. The van der Waals surface area contributed by atoms with E-state index in [2.05, 4.69) is 29.1 Å². The Labute approximate surface area is 196 Å². The van der Waals surface area contributed by atoms with Gasteiger partial charge < -0.3 is 14.6 Å². The van der Waals surface area contributed by atoms with E-state index in [9.17, 15) is 5.11 Å². The third-order valence-corrected chi connectivity index (χ3v) is 6.22. The van der Waals surface area contributed by atoms with Crippen molar-refractivity contribution in [3.8, 4) is 11.5 Å². The zero-order chi connectivity index (χ0) is 23.1. The van der Waals surface area contributed by atoms with E-state index in [1.165, 1.54) is 11.1 Å². The van der Waals surface area contributed by atoms with Gasteiger partial charge in [-0.15, -0.1) is 0 Å². The Morgan fingerprint density at radius 3 is 2.36 bits per heavy atom. The number of likely N-dealkylation sites (tertiary alicyclic amines) is 1. The number of hydrogen-bond donors (Lipinski definition) is 1. The van der Waals surface area contributed by atoms with Gasteiger partial charge in [-0.1, -0.05) is 29.8 Å². The first kappa shape index (κ1) is 23.3. The van der Waals surface area contributed by atoms with Crippen molar-refractivity contribution in [2.75, 3.05) is 26.3 Å². The lowest BCUT2D eigenvalue weighted by atomic mass is 9.96. The van der Waals surface area contributed by atoms with Crippen LogP contribution in [-0.4, -0.2) is 51.7 Å². The predicted octanol–water partition coefficient (Wildman–Crippen LogP) is 4.37. The molecule has 3 aromatic rings. The minimum atomic E-state index is -0.773. The lowest BCUT2D eigenvalue weighted by molar-refractivity contribution is -0.0168. The van der Waals surface area contributed by atoms with Crippen LogP contribution in [0.5, 0.6) is 11.5 Å². The number of aromatic nitrogens is 2. The molecule has 33 heavy (non-hydrogen) atoms. The van der Waals surface area contributed by atoms with Crippen LogP contribution in [0.4, 0.5) is 0 Å². The highest BCUT2D eigenvalue weighted by molar-refractivity contribution is 5.27. The topological polar surface area (TPSA) is 59.8 Å². The summed E-state index contributed by atoms with van der Waals surface area (Å²) in [6, 6.07) is 16.3. The fraction of sp³-hybridized carbons (Fsp3) is 0.444. The summed E-state index contributed by atoms with van der Waals surface area (Å²) >= 11 is 0. The third-order valence-electron chi connectivity index (χ3n) is 6.22. The Morgan fingerprint density at radius 1 is 0.909 bits per heavy atom.